The number of benzene rings is 1. The predicted molar refractivity (Wildman–Crippen MR) is 86.3 cm³/mol. The highest BCUT2D eigenvalue weighted by atomic mass is 16.6. The van der Waals surface area contributed by atoms with E-state index in [1.165, 1.54) is 39.0 Å². The van der Waals surface area contributed by atoms with Crippen LogP contribution in [-0.4, -0.2) is 31.3 Å². The first kappa shape index (κ1) is 16.2. The number of carbonyl (C=O) groups is 1. The van der Waals surface area contributed by atoms with Gasteiger partial charge < -0.3 is 9.47 Å². The summed E-state index contributed by atoms with van der Waals surface area (Å²) in [7, 11) is 2.85. The zero-order valence-corrected chi connectivity index (χ0v) is 13.6. The van der Waals surface area contributed by atoms with Crippen LogP contribution in [0.2, 0.25) is 0 Å². The van der Waals surface area contributed by atoms with E-state index in [9.17, 15) is 14.9 Å². The quantitative estimate of drug-likeness (QED) is 0.488. The van der Waals surface area contributed by atoms with Crippen LogP contribution in [0.25, 0.3) is 0 Å². The van der Waals surface area contributed by atoms with Crippen molar-refractivity contribution in [1.82, 2.24) is 5.43 Å². The molecule has 0 saturated heterocycles. The van der Waals surface area contributed by atoms with Crippen LogP contribution >= 0.6 is 0 Å². The van der Waals surface area contributed by atoms with E-state index in [0.717, 1.165) is 19.3 Å². The maximum Gasteiger partial charge on any atom is 0.282 e. The van der Waals surface area contributed by atoms with Gasteiger partial charge >= 0.3 is 0 Å². The molecule has 0 bridgehead atoms. The first-order chi connectivity index (χ1) is 11.5. The number of nitro benzene ring substituents is 1. The van der Waals surface area contributed by atoms with Gasteiger partial charge in [-0.15, -0.1) is 0 Å². The number of ether oxygens (including phenoxy) is 2. The van der Waals surface area contributed by atoms with Crippen LogP contribution in [-0.2, 0) is 4.79 Å². The van der Waals surface area contributed by atoms with E-state index < -0.39 is 4.92 Å². The second-order valence-electron chi connectivity index (χ2n) is 6.23. The van der Waals surface area contributed by atoms with Crippen LogP contribution in [0.4, 0.5) is 5.69 Å². The number of hydrogen-bond donors (Lipinski definition) is 1. The molecule has 0 aromatic heterocycles. The van der Waals surface area contributed by atoms with Crippen molar-refractivity contribution < 1.29 is 19.2 Å². The van der Waals surface area contributed by atoms with Gasteiger partial charge in [-0.2, -0.15) is 5.10 Å². The van der Waals surface area contributed by atoms with Gasteiger partial charge in [0.1, 0.15) is 0 Å². The molecule has 0 unspecified atom stereocenters. The minimum absolute atomic E-state index is 0.0313. The third-order valence-electron chi connectivity index (χ3n) is 4.96. The van der Waals surface area contributed by atoms with Crippen molar-refractivity contribution in [3.8, 4) is 11.5 Å². The Morgan fingerprint density at radius 2 is 2.04 bits per heavy atom. The number of hydrazone groups is 1. The van der Waals surface area contributed by atoms with E-state index in [1.807, 2.05) is 0 Å². The molecule has 8 heteroatoms. The molecule has 2 aliphatic carbocycles. The molecule has 2 saturated carbocycles. The smallest absolute Gasteiger partial charge is 0.282 e. The molecule has 1 amide bonds. The van der Waals surface area contributed by atoms with E-state index >= 15 is 0 Å². The van der Waals surface area contributed by atoms with Crippen LogP contribution in [0.5, 0.6) is 11.5 Å². The number of methoxy groups -OCH3 is 2. The zero-order valence-electron chi connectivity index (χ0n) is 13.6. The Kier molecular flexibility index (Phi) is 4.13. The van der Waals surface area contributed by atoms with Crippen molar-refractivity contribution >= 4 is 17.8 Å². The maximum absolute atomic E-state index is 12.0. The van der Waals surface area contributed by atoms with Crippen LogP contribution in [0, 0.1) is 21.4 Å². The summed E-state index contributed by atoms with van der Waals surface area (Å²) in [4.78, 5) is 22.7. The van der Waals surface area contributed by atoms with Crippen molar-refractivity contribution in [1.29, 1.82) is 0 Å². The van der Waals surface area contributed by atoms with Gasteiger partial charge in [0.2, 0.25) is 5.91 Å². The predicted octanol–water partition coefficient (Wildman–Crippen LogP) is 2.25. The van der Waals surface area contributed by atoms with E-state index in [4.69, 9.17) is 9.47 Å². The topological polar surface area (TPSA) is 103 Å². The SMILES string of the molecule is COc1cc(/C=N\NC(=O)[C@@H]2CC23CCC3)c([N+](=O)[O-])cc1OC. The maximum atomic E-state index is 12.0. The zero-order chi connectivity index (χ0) is 17.3. The summed E-state index contributed by atoms with van der Waals surface area (Å²) < 4.78 is 10.2. The molecule has 1 aromatic carbocycles. The van der Waals surface area contributed by atoms with Gasteiger partial charge in [-0.05, 0) is 30.7 Å². The third kappa shape index (κ3) is 2.79. The van der Waals surface area contributed by atoms with Crippen molar-refractivity contribution in [3.63, 3.8) is 0 Å². The lowest BCUT2D eigenvalue weighted by Crippen LogP contribution is -2.26. The summed E-state index contributed by atoms with van der Waals surface area (Å²) in [5, 5.41) is 15.1. The molecule has 1 aromatic rings. The Labute approximate surface area is 139 Å². The molecular formula is C16H19N3O5. The van der Waals surface area contributed by atoms with Gasteiger partial charge in [0.25, 0.3) is 5.69 Å². The fourth-order valence-corrected chi connectivity index (χ4v) is 3.29. The van der Waals surface area contributed by atoms with E-state index in [-0.39, 0.29) is 34.2 Å². The van der Waals surface area contributed by atoms with Crippen molar-refractivity contribution in [2.45, 2.75) is 25.7 Å². The summed E-state index contributed by atoms with van der Waals surface area (Å²) in [5.74, 6) is 0.527. The number of carbonyl (C=O) groups excluding carboxylic acids is 1. The summed E-state index contributed by atoms with van der Waals surface area (Å²) in [6, 6.07) is 2.73. The minimum atomic E-state index is -0.532. The molecule has 1 N–H and O–H groups in total. The van der Waals surface area contributed by atoms with Crippen LogP contribution < -0.4 is 14.9 Å². The van der Waals surface area contributed by atoms with E-state index in [1.54, 1.807) is 0 Å². The Balaban J connectivity index is 1.73. The molecule has 1 atom stereocenters. The molecule has 0 radical (unpaired) electrons. The Morgan fingerprint density at radius 3 is 2.54 bits per heavy atom. The Bertz CT molecular complexity index is 712. The highest BCUT2D eigenvalue weighted by molar-refractivity contribution is 5.89. The molecule has 2 fully saturated rings. The Hall–Kier alpha value is -2.64. The molecule has 24 heavy (non-hydrogen) atoms. The standard InChI is InChI=1S/C16H19N3O5/c1-23-13-6-10(12(19(21)22)7-14(13)24-2)9-17-18-15(20)11-8-16(11)4-3-5-16/h6-7,9,11H,3-5,8H2,1-2H3,(H,18,20)/b17-9-/t11-/m0/s1. The number of amides is 1. The van der Waals surface area contributed by atoms with Gasteiger partial charge in [-0.25, -0.2) is 5.43 Å². The van der Waals surface area contributed by atoms with Crippen molar-refractivity contribution in [2.75, 3.05) is 14.2 Å². The minimum Gasteiger partial charge on any atom is -0.493 e. The van der Waals surface area contributed by atoms with Crippen LogP contribution in [0.1, 0.15) is 31.2 Å². The molecular weight excluding hydrogens is 314 g/mol. The molecule has 1 spiro atoms. The van der Waals surface area contributed by atoms with Gasteiger partial charge in [-0.1, -0.05) is 6.42 Å². The number of rotatable bonds is 6. The van der Waals surface area contributed by atoms with Gasteiger partial charge in [0.05, 0.1) is 37.0 Å². The van der Waals surface area contributed by atoms with Crippen LogP contribution in [0.3, 0.4) is 0 Å². The summed E-state index contributed by atoms with van der Waals surface area (Å²) in [6.07, 6.45) is 5.58. The first-order valence-electron chi connectivity index (χ1n) is 7.74. The number of nitrogens with zero attached hydrogens (tertiary/aromatic N) is 2. The lowest BCUT2D eigenvalue weighted by atomic mass is 9.80. The molecule has 128 valence electrons. The lowest BCUT2D eigenvalue weighted by molar-refractivity contribution is -0.385. The van der Waals surface area contributed by atoms with Gasteiger partial charge in [-0.3, -0.25) is 14.9 Å². The largest absolute Gasteiger partial charge is 0.493 e. The average molecular weight is 333 g/mol. The molecule has 0 aliphatic heterocycles. The highest BCUT2D eigenvalue weighted by Gasteiger charge is 2.60. The molecule has 8 nitrogen and oxygen atoms in total. The third-order valence-corrected chi connectivity index (χ3v) is 4.96. The lowest BCUT2D eigenvalue weighted by Gasteiger charge is -2.25. The normalized spacial score (nSPS) is 20.5. The highest BCUT2D eigenvalue weighted by Crippen LogP contribution is 2.65. The Morgan fingerprint density at radius 1 is 1.38 bits per heavy atom. The summed E-state index contributed by atoms with van der Waals surface area (Å²) in [5.41, 5.74) is 2.76. The van der Waals surface area contributed by atoms with Gasteiger partial charge in [0, 0.05) is 5.92 Å². The molecule has 2 aliphatic rings. The van der Waals surface area contributed by atoms with E-state index in [0.29, 0.717) is 5.75 Å². The monoisotopic (exact) mass is 333 g/mol. The number of nitrogens with one attached hydrogen (secondary N) is 1. The number of hydrogen-bond acceptors (Lipinski definition) is 6. The molecule has 3 rings (SSSR count). The second kappa shape index (κ2) is 6.10. The number of nitro groups is 1. The average Bonchev–Trinajstić information content (AvgIpc) is 3.30. The fourth-order valence-electron chi connectivity index (χ4n) is 3.29. The summed E-state index contributed by atoms with van der Waals surface area (Å²) >= 11 is 0. The van der Waals surface area contributed by atoms with Crippen LogP contribution in [0.15, 0.2) is 17.2 Å². The van der Waals surface area contributed by atoms with E-state index in [2.05, 4.69) is 10.5 Å². The summed E-state index contributed by atoms with van der Waals surface area (Å²) in [6.45, 7) is 0. The fraction of sp³-hybridized carbons (Fsp3) is 0.500. The second-order valence-corrected chi connectivity index (χ2v) is 6.23. The van der Waals surface area contributed by atoms with Gasteiger partial charge in [0.15, 0.2) is 11.5 Å². The molecule has 0 heterocycles. The van der Waals surface area contributed by atoms with Crippen molar-refractivity contribution in [2.24, 2.45) is 16.4 Å². The van der Waals surface area contributed by atoms with Crippen molar-refractivity contribution in [3.05, 3.63) is 27.8 Å². The first-order valence-corrected chi connectivity index (χ1v) is 7.74.